The Balaban J connectivity index is 0.000000244. The molecule has 0 saturated carbocycles. The van der Waals surface area contributed by atoms with Crippen LogP contribution in [0.4, 0.5) is 0 Å². The van der Waals surface area contributed by atoms with E-state index in [4.69, 9.17) is 42.6 Å². The Kier molecular flexibility index (Phi) is 19.2. The van der Waals surface area contributed by atoms with Gasteiger partial charge in [0.25, 0.3) is 0 Å². The van der Waals surface area contributed by atoms with E-state index in [1.54, 1.807) is 81.9 Å². The second-order valence-corrected chi connectivity index (χ2v) is 16.0. The van der Waals surface area contributed by atoms with Gasteiger partial charge in [-0.25, -0.2) is 24.2 Å². The summed E-state index contributed by atoms with van der Waals surface area (Å²) in [6, 6.07) is 26.5. The number of nitrogens with zero attached hydrogens (tertiary/aromatic N) is 1. The number of benzene rings is 4. The third-order valence-electron chi connectivity index (χ3n) is 9.65. The second kappa shape index (κ2) is 25.4. The van der Waals surface area contributed by atoms with Crippen molar-refractivity contribution < 1.29 is 52.0 Å². The van der Waals surface area contributed by atoms with Crippen LogP contribution in [0.25, 0.3) is 31.8 Å². The molecule has 0 radical (unpaired) electrons. The number of carbonyl (C=O) groups is 3. The van der Waals surface area contributed by atoms with Gasteiger partial charge in [-0.3, -0.25) is 0 Å². The summed E-state index contributed by atoms with van der Waals surface area (Å²) < 4.78 is 44.7. The fourth-order valence-electron chi connectivity index (χ4n) is 6.15. The molecule has 0 aliphatic heterocycles. The minimum atomic E-state index is -0.522. The topological polar surface area (TPSA) is 159 Å². The Morgan fingerprint density at radius 2 is 1.20 bits per heavy atom. The first-order chi connectivity index (χ1) is 31.4. The Morgan fingerprint density at radius 3 is 1.78 bits per heavy atom. The predicted molar refractivity (Wildman–Crippen MR) is 252 cm³/mol. The Bertz CT molecular complexity index is 2550. The van der Waals surface area contributed by atoms with Crippen LogP contribution in [0, 0.1) is 0 Å². The molecule has 0 atom stereocenters. The molecule has 0 N–H and O–H groups in total. The summed E-state index contributed by atoms with van der Waals surface area (Å²) >= 11 is 1.63. The largest absolute Gasteiger partial charge is 0.494 e. The molecule has 0 spiro atoms. The monoisotopic (exact) mass is 905 g/mol. The third-order valence-corrected chi connectivity index (χ3v) is 10.7. The highest BCUT2D eigenvalue weighted by Crippen LogP contribution is 2.43. The van der Waals surface area contributed by atoms with Crippen LogP contribution in [0.2, 0.25) is 0 Å². The van der Waals surface area contributed by atoms with Crippen molar-refractivity contribution in [3.63, 3.8) is 0 Å². The standard InChI is InChI=1S/C26H26O7.C25H29NO5S/c1-18(2)25(28)31-16-6-4-3-5-15-30-21-11-8-20(9-12-21)26(29)32-22-13-7-19-10-14-24(27)33-23(19)17-22;1-17(2)25(27)31-14-10-6-5-9-13-30-23-20(28-3)15-18(16-21(23)29-4)24-26-19-11-7-8-12-22(19)32-24/h7-14,17H,1,3-6,15-16H2,2H3;7-8,11-12,15-16H,1,5-6,9-10,13-14H2,2-4H3. The molecule has 342 valence electrons. The number of para-hydroxylation sites is 1. The van der Waals surface area contributed by atoms with E-state index in [9.17, 15) is 19.2 Å². The maximum absolute atomic E-state index is 12.4. The first kappa shape index (κ1) is 49.1. The van der Waals surface area contributed by atoms with E-state index in [1.165, 1.54) is 12.1 Å². The molecule has 6 rings (SSSR count). The maximum Gasteiger partial charge on any atom is 0.343 e. The summed E-state index contributed by atoms with van der Waals surface area (Å²) in [6.45, 7) is 12.3. The van der Waals surface area contributed by atoms with Crippen molar-refractivity contribution >= 4 is 50.4 Å². The molecule has 14 heteroatoms. The highest BCUT2D eigenvalue weighted by Gasteiger charge is 2.17. The number of hydrogen-bond donors (Lipinski definition) is 0. The maximum atomic E-state index is 12.4. The molecule has 0 aliphatic rings. The van der Waals surface area contributed by atoms with Crippen molar-refractivity contribution in [2.45, 2.75) is 65.2 Å². The first-order valence-electron chi connectivity index (χ1n) is 21.3. The van der Waals surface area contributed by atoms with E-state index >= 15 is 0 Å². The van der Waals surface area contributed by atoms with Crippen LogP contribution in [0.1, 0.15) is 75.6 Å². The number of rotatable bonds is 23. The number of aromatic nitrogens is 1. The number of esters is 3. The number of ether oxygens (including phenoxy) is 7. The predicted octanol–water partition coefficient (Wildman–Crippen LogP) is 11.1. The van der Waals surface area contributed by atoms with E-state index in [-0.39, 0.29) is 17.7 Å². The highest BCUT2D eigenvalue weighted by molar-refractivity contribution is 7.21. The number of hydrogen-bond acceptors (Lipinski definition) is 14. The fourth-order valence-corrected chi connectivity index (χ4v) is 7.11. The number of unbranched alkanes of at least 4 members (excludes halogenated alkanes) is 6. The van der Waals surface area contributed by atoms with E-state index in [0.717, 1.165) is 77.5 Å². The molecule has 0 unspecified atom stereocenters. The molecule has 2 heterocycles. The fraction of sp³-hybridized carbons (Fsp3) is 0.314. The van der Waals surface area contributed by atoms with Gasteiger partial charge in [0, 0.05) is 34.2 Å². The normalized spacial score (nSPS) is 10.6. The van der Waals surface area contributed by atoms with Gasteiger partial charge in [0.1, 0.15) is 22.1 Å². The van der Waals surface area contributed by atoms with Gasteiger partial charge in [-0.2, -0.15) is 0 Å². The van der Waals surface area contributed by atoms with Crippen LogP contribution in [-0.2, 0) is 19.1 Å². The Hall–Kier alpha value is -6.93. The van der Waals surface area contributed by atoms with Crippen molar-refractivity contribution in [3.8, 4) is 39.3 Å². The Morgan fingerprint density at radius 1 is 0.646 bits per heavy atom. The lowest BCUT2D eigenvalue weighted by Gasteiger charge is -2.15. The number of thiazole rings is 1. The van der Waals surface area contributed by atoms with Crippen molar-refractivity contribution in [1.29, 1.82) is 0 Å². The summed E-state index contributed by atoms with van der Waals surface area (Å²) in [5.74, 6) is 1.57. The summed E-state index contributed by atoms with van der Waals surface area (Å²) in [4.78, 5) is 51.1. The molecule has 2 aromatic heterocycles. The van der Waals surface area contributed by atoms with Gasteiger partial charge in [0.2, 0.25) is 5.75 Å². The molecule has 6 aromatic rings. The van der Waals surface area contributed by atoms with Crippen LogP contribution in [0.3, 0.4) is 0 Å². The van der Waals surface area contributed by atoms with Crippen molar-refractivity contribution in [3.05, 3.63) is 131 Å². The minimum absolute atomic E-state index is 0.288. The van der Waals surface area contributed by atoms with Crippen LogP contribution < -0.4 is 29.3 Å². The molecule has 13 nitrogen and oxygen atoms in total. The molecule has 0 aliphatic carbocycles. The first-order valence-corrected chi connectivity index (χ1v) is 22.2. The average molecular weight is 906 g/mol. The molecule has 0 amide bonds. The van der Waals surface area contributed by atoms with E-state index in [0.29, 0.717) is 71.7 Å². The van der Waals surface area contributed by atoms with Crippen LogP contribution >= 0.6 is 11.3 Å². The van der Waals surface area contributed by atoms with Crippen molar-refractivity contribution in [2.75, 3.05) is 40.6 Å². The summed E-state index contributed by atoms with van der Waals surface area (Å²) in [7, 11) is 3.24. The zero-order valence-corrected chi connectivity index (χ0v) is 38.1. The van der Waals surface area contributed by atoms with Crippen molar-refractivity contribution in [2.24, 2.45) is 0 Å². The van der Waals surface area contributed by atoms with Gasteiger partial charge in [-0.05, 0) is 132 Å². The van der Waals surface area contributed by atoms with Crippen LogP contribution in [0.15, 0.2) is 125 Å². The average Bonchev–Trinajstić information content (AvgIpc) is 3.75. The summed E-state index contributed by atoms with van der Waals surface area (Å²) in [6.07, 6.45) is 7.20. The van der Waals surface area contributed by atoms with Gasteiger partial charge in [-0.1, -0.05) is 25.3 Å². The zero-order valence-electron chi connectivity index (χ0n) is 37.3. The van der Waals surface area contributed by atoms with Crippen LogP contribution in [0.5, 0.6) is 28.7 Å². The molecule has 4 aromatic carbocycles. The number of methoxy groups -OCH3 is 2. The van der Waals surface area contributed by atoms with E-state index < -0.39 is 11.6 Å². The smallest absolute Gasteiger partial charge is 0.343 e. The van der Waals surface area contributed by atoms with E-state index in [1.807, 2.05) is 30.3 Å². The molecular formula is C51H55NO12S. The lowest BCUT2D eigenvalue weighted by molar-refractivity contribution is -0.139. The lowest BCUT2D eigenvalue weighted by atomic mass is 10.2. The minimum Gasteiger partial charge on any atom is -0.494 e. The molecule has 0 bridgehead atoms. The SMILES string of the molecule is C=C(C)C(=O)OCCCCCCOc1c(OC)cc(-c2nc3ccccc3s2)cc1OC.C=C(C)C(=O)OCCCCCCOc1ccc(C(=O)Oc2ccc3ccc(=O)oc3c2)cc1. The molecule has 0 fully saturated rings. The highest BCUT2D eigenvalue weighted by atomic mass is 32.1. The lowest BCUT2D eigenvalue weighted by Crippen LogP contribution is -2.08. The van der Waals surface area contributed by atoms with Gasteiger partial charge < -0.3 is 37.6 Å². The summed E-state index contributed by atoms with van der Waals surface area (Å²) in [5.41, 5.74) is 3.00. The number of fused-ring (bicyclic) bond motifs is 2. The van der Waals surface area contributed by atoms with Crippen LogP contribution in [-0.4, -0.2) is 63.5 Å². The molecule has 65 heavy (non-hydrogen) atoms. The van der Waals surface area contributed by atoms with Gasteiger partial charge >= 0.3 is 23.5 Å². The van der Waals surface area contributed by atoms with Crippen molar-refractivity contribution in [1.82, 2.24) is 4.98 Å². The second-order valence-electron chi connectivity index (χ2n) is 14.9. The van der Waals surface area contributed by atoms with Gasteiger partial charge in [-0.15, -0.1) is 11.3 Å². The quantitative estimate of drug-likeness (QED) is 0.0197. The van der Waals surface area contributed by atoms with E-state index in [2.05, 4.69) is 19.2 Å². The zero-order chi connectivity index (χ0) is 46.6. The number of carbonyl (C=O) groups excluding carboxylic acids is 3. The third kappa shape index (κ3) is 15.4. The summed E-state index contributed by atoms with van der Waals surface area (Å²) in [5, 5.41) is 1.64. The molecular weight excluding hydrogens is 851 g/mol. The van der Waals surface area contributed by atoms with Gasteiger partial charge in [0.15, 0.2) is 11.5 Å². The van der Waals surface area contributed by atoms with Gasteiger partial charge in [0.05, 0.1) is 56.4 Å². The molecule has 0 saturated heterocycles. The Labute approximate surface area is 382 Å².